The van der Waals surface area contributed by atoms with Crippen molar-refractivity contribution in [2.45, 2.75) is 19.0 Å². The summed E-state index contributed by atoms with van der Waals surface area (Å²) in [6, 6.07) is 54.8. The van der Waals surface area contributed by atoms with Gasteiger partial charge >= 0.3 is 0 Å². The smallest absolute Gasteiger partial charge is 0.209 e. The minimum Gasteiger partial charge on any atom is -0.455 e. The number of nitrogens with one attached hydrogen (secondary N) is 1. The highest BCUT2D eigenvalue weighted by Crippen LogP contribution is 2.43. The number of fused-ring (bicyclic) bond motifs is 11. The Labute approximate surface area is 323 Å². The average molecular weight is 721 g/mol. The topological polar surface area (TPSA) is 47.4 Å². The molecule has 3 atom stereocenters. The summed E-state index contributed by atoms with van der Waals surface area (Å²) in [6.07, 6.45) is 8.98. The molecule has 0 spiro atoms. The van der Waals surface area contributed by atoms with E-state index in [4.69, 9.17) is 9.41 Å². The minimum atomic E-state index is -0.0569. The van der Waals surface area contributed by atoms with Gasteiger partial charge in [-0.1, -0.05) is 128 Å². The van der Waals surface area contributed by atoms with Crippen LogP contribution in [0.4, 0.5) is 5.69 Å². The summed E-state index contributed by atoms with van der Waals surface area (Å²) in [5, 5.41) is 10.8. The van der Waals surface area contributed by atoms with Crippen LogP contribution in [-0.2, 0) is 0 Å². The van der Waals surface area contributed by atoms with Crippen molar-refractivity contribution in [3.63, 3.8) is 0 Å². The zero-order valence-electron chi connectivity index (χ0n) is 30.7. The summed E-state index contributed by atoms with van der Waals surface area (Å²) in [5.74, 6) is 1.18. The van der Waals surface area contributed by atoms with E-state index in [0.717, 1.165) is 66.5 Å². The maximum absolute atomic E-state index is 6.75. The number of hydrogen-bond donors (Lipinski definition) is 1. The van der Waals surface area contributed by atoms with Gasteiger partial charge in [-0.15, -0.1) is 0 Å². The molecule has 4 heterocycles. The van der Waals surface area contributed by atoms with Gasteiger partial charge in [-0.05, 0) is 77.2 Å². The van der Waals surface area contributed by atoms with E-state index in [1.165, 1.54) is 32.9 Å². The Hall–Kier alpha value is -7.11. The summed E-state index contributed by atoms with van der Waals surface area (Å²) < 4.78 is 11.6. The molecule has 2 aliphatic rings. The summed E-state index contributed by atoms with van der Waals surface area (Å²) >= 11 is 0. The monoisotopic (exact) mass is 720 g/mol. The molecule has 1 aliphatic carbocycles. The van der Waals surface area contributed by atoms with Crippen LogP contribution in [0.3, 0.4) is 0 Å². The van der Waals surface area contributed by atoms with Crippen LogP contribution in [-0.4, -0.2) is 15.1 Å². The number of benzene rings is 7. The van der Waals surface area contributed by atoms with Crippen molar-refractivity contribution in [1.82, 2.24) is 14.5 Å². The van der Waals surface area contributed by atoms with Gasteiger partial charge in [0.15, 0.2) is 0 Å². The predicted molar refractivity (Wildman–Crippen MR) is 232 cm³/mol. The van der Waals surface area contributed by atoms with E-state index in [-0.39, 0.29) is 12.1 Å². The van der Waals surface area contributed by atoms with Crippen LogP contribution in [0.2, 0.25) is 0 Å². The van der Waals surface area contributed by atoms with Crippen molar-refractivity contribution in [3.05, 3.63) is 187 Å². The first-order chi connectivity index (χ1) is 27.7. The molecule has 0 saturated heterocycles. The molecule has 0 radical (unpaired) electrons. The fourth-order valence-corrected chi connectivity index (χ4v) is 9.44. The Morgan fingerprint density at radius 1 is 0.571 bits per heavy atom. The highest BCUT2D eigenvalue weighted by molar-refractivity contribution is 6.26. The fraction of sp³-hybridized carbons (Fsp3) is 0.0784. The molecule has 0 amide bonds. The lowest BCUT2D eigenvalue weighted by Crippen LogP contribution is -2.36. The molecular formula is C51H36N4O. The standard InChI is InChI=1S/C51H36N4O/c1-31-13-5-10-20-42(31)54-43-21-11-7-16-35(43)39-29-33(23-26-44(39)54)34-24-27-45-40(30-34)48-46(28-25-37-36-17-8-12-22-47(36)56-50(37)48)55(45)51-52-41-19-9-6-18-38(41)49(53-51)32-14-3-2-4-15-32/h2-31,42,49H,1H3,(H,52,53). The maximum Gasteiger partial charge on any atom is 0.209 e. The molecular weight excluding hydrogens is 685 g/mol. The number of para-hydroxylation sites is 3. The summed E-state index contributed by atoms with van der Waals surface area (Å²) in [7, 11) is 0. The third-order valence-corrected chi connectivity index (χ3v) is 12.1. The average Bonchev–Trinajstić information content (AvgIpc) is 3.91. The molecule has 0 fully saturated rings. The molecule has 1 aliphatic heterocycles. The zero-order chi connectivity index (χ0) is 36.9. The third kappa shape index (κ3) is 4.51. The van der Waals surface area contributed by atoms with Crippen LogP contribution in [0.15, 0.2) is 185 Å². The fourth-order valence-electron chi connectivity index (χ4n) is 9.44. The first-order valence-corrected chi connectivity index (χ1v) is 19.5. The minimum absolute atomic E-state index is 0.0569. The number of aliphatic imine (C=N–C) groups is 1. The highest BCUT2D eigenvalue weighted by atomic mass is 16.3. The second-order valence-corrected chi connectivity index (χ2v) is 15.2. The van der Waals surface area contributed by atoms with Crippen LogP contribution in [0.5, 0.6) is 0 Å². The van der Waals surface area contributed by atoms with Crippen LogP contribution < -0.4 is 5.32 Å². The molecule has 1 N–H and O–H groups in total. The Morgan fingerprint density at radius 2 is 1.27 bits per heavy atom. The van der Waals surface area contributed by atoms with E-state index in [9.17, 15) is 0 Å². The van der Waals surface area contributed by atoms with Gasteiger partial charge < -0.3 is 14.3 Å². The Kier molecular flexibility index (Phi) is 6.67. The van der Waals surface area contributed by atoms with Crippen LogP contribution in [0.25, 0.3) is 76.7 Å². The number of aromatic nitrogens is 2. The molecule has 0 saturated carbocycles. The number of furan rings is 1. The lowest BCUT2D eigenvalue weighted by atomic mass is 9.96. The van der Waals surface area contributed by atoms with Gasteiger partial charge in [0.05, 0.1) is 34.2 Å². The van der Waals surface area contributed by atoms with Crippen molar-refractivity contribution >= 4 is 77.2 Å². The van der Waals surface area contributed by atoms with E-state index >= 15 is 0 Å². The lowest BCUT2D eigenvalue weighted by molar-refractivity contribution is 0.510. The van der Waals surface area contributed by atoms with Crippen molar-refractivity contribution < 1.29 is 4.42 Å². The molecule has 5 nitrogen and oxygen atoms in total. The number of allylic oxidation sites excluding steroid dienone is 4. The molecule has 12 rings (SSSR count). The summed E-state index contributed by atoms with van der Waals surface area (Å²) in [6.45, 7) is 2.30. The summed E-state index contributed by atoms with van der Waals surface area (Å²) in [4.78, 5) is 5.30. The first kappa shape index (κ1) is 31.3. The second-order valence-electron chi connectivity index (χ2n) is 15.2. The SMILES string of the molecule is CC1C=CC=CC1n1c2ccccc2c2cc(-c3ccc4c(c3)c3c5oc6ccccc6c5ccc3n4C3=Nc4ccccc4C(c4ccccc4)N3)ccc21. The first-order valence-electron chi connectivity index (χ1n) is 19.5. The Balaban J connectivity index is 1.10. The Bertz CT molecular complexity index is 3320. The molecule has 3 aromatic heterocycles. The highest BCUT2D eigenvalue weighted by Gasteiger charge is 2.28. The van der Waals surface area contributed by atoms with Crippen molar-refractivity contribution in [2.24, 2.45) is 10.9 Å². The number of hydrogen-bond acceptors (Lipinski definition) is 3. The number of rotatable bonds is 3. The predicted octanol–water partition coefficient (Wildman–Crippen LogP) is 13.0. The molecule has 10 aromatic rings. The van der Waals surface area contributed by atoms with Crippen LogP contribution >= 0.6 is 0 Å². The lowest BCUT2D eigenvalue weighted by Gasteiger charge is -2.28. The van der Waals surface area contributed by atoms with Crippen molar-refractivity contribution in [2.75, 3.05) is 0 Å². The Morgan fingerprint density at radius 3 is 2.14 bits per heavy atom. The van der Waals surface area contributed by atoms with Crippen molar-refractivity contribution in [3.8, 4) is 11.1 Å². The third-order valence-electron chi connectivity index (χ3n) is 12.1. The molecule has 0 bridgehead atoms. The van der Waals surface area contributed by atoms with Gasteiger partial charge in [-0.25, -0.2) is 4.99 Å². The van der Waals surface area contributed by atoms with E-state index in [0.29, 0.717) is 5.92 Å². The van der Waals surface area contributed by atoms with Gasteiger partial charge in [-0.2, -0.15) is 0 Å². The molecule has 56 heavy (non-hydrogen) atoms. The summed E-state index contributed by atoms with van der Waals surface area (Å²) in [5.41, 5.74) is 12.1. The van der Waals surface area contributed by atoms with E-state index in [1.54, 1.807) is 0 Å². The van der Waals surface area contributed by atoms with E-state index in [1.807, 2.05) is 6.07 Å². The largest absolute Gasteiger partial charge is 0.455 e. The molecule has 7 aromatic carbocycles. The van der Waals surface area contributed by atoms with Gasteiger partial charge in [0.1, 0.15) is 11.2 Å². The van der Waals surface area contributed by atoms with Gasteiger partial charge in [0, 0.05) is 43.5 Å². The van der Waals surface area contributed by atoms with Crippen LogP contribution in [0.1, 0.15) is 30.1 Å². The van der Waals surface area contributed by atoms with E-state index in [2.05, 4.69) is 191 Å². The van der Waals surface area contributed by atoms with Gasteiger partial charge in [-0.3, -0.25) is 4.57 Å². The van der Waals surface area contributed by atoms with Gasteiger partial charge in [0.2, 0.25) is 5.96 Å². The molecule has 3 unspecified atom stereocenters. The molecule has 5 heteroatoms. The van der Waals surface area contributed by atoms with Crippen LogP contribution in [0, 0.1) is 5.92 Å². The second kappa shape index (κ2) is 11.9. The van der Waals surface area contributed by atoms with Crippen molar-refractivity contribution in [1.29, 1.82) is 0 Å². The molecule has 266 valence electrons. The zero-order valence-corrected chi connectivity index (χ0v) is 30.7. The van der Waals surface area contributed by atoms with E-state index < -0.39 is 0 Å². The normalized spacial score (nSPS) is 18.0. The quantitative estimate of drug-likeness (QED) is 0.198. The maximum atomic E-state index is 6.75. The number of nitrogens with zero attached hydrogens (tertiary/aromatic N) is 3. The van der Waals surface area contributed by atoms with Gasteiger partial charge in [0.25, 0.3) is 0 Å².